The number of ether oxygens (including phenoxy) is 1. The topological polar surface area (TPSA) is 127 Å². The van der Waals surface area contributed by atoms with Gasteiger partial charge < -0.3 is 20.5 Å². The molecule has 0 spiro atoms. The summed E-state index contributed by atoms with van der Waals surface area (Å²) in [5.41, 5.74) is -0.210. The maximum absolute atomic E-state index is 13.0. The number of hydrogen-bond acceptors (Lipinski definition) is 8. The van der Waals surface area contributed by atoms with E-state index < -0.39 is 11.9 Å². The average Bonchev–Trinajstić information content (AvgIpc) is 3.07. The summed E-state index contributed by atoms with van der Waals surface area (Å²) in [6.07, 6.45) is -0.754. The highest BCUT2D eigenvalue weighted by atomic mass is 19.4. The number of nitrogens with zero attached hydrogens (tertiary/aromatic N) is 5. The van der Waals surface area contributed by atoms with E-state index in [0.29, 0.717) is 17.2 Å². The normalized spacial score (nSPS) is 12.5. The largest absolute Gasteiger partial charge is 0.457 e. The molecule has 10 nitrogen and oxygen atoms in total. The third kappa shape index (κ3) is 5.95. The van der Waals surface area contributed by atoms with Gasteiger partial charge in [0, 0.05) is 50.8 Å². The lowest BCUT2D eigenvalue weighted by Gasteiger charge is -2.09. The Labute approximate surface area is 191 Å². The molecule has 3 N–H and O–H groups in total. The third-order valence-electron chi connectivity index (χ3n) is 4.25. The molecule has 0 atom stereocenters. The molecule has 1 aliphatic rings. The number of allylic oxidation sites excluding steroid dienone is 1. The number of pyridine rings is 1. The second-order valence-electron chi connectivity index (χ2n) is 6.54. The van der Waals surface area contributed by atoms with Gasteiger partial charge in [-0.05, 0) is 18.2 Å². The van der Waals surface area contributed by atoms with Crippen molar-refractivity contribution in [2.24, 2.45) is 4.99 Å². The summed E-state index contributed by atoms with van der Waals surface area (Å²) < 4.78 is 46.0. The number of halogens is 3. The smallest absolute Gasteiger partial charge is 0.429 e. The molecule has 0 aliphatic carbocycles. The van der Waals surface area contributed by atoms with Crippen molar-refractivity contribution in [2.45, 2.75) is 12.6 Å². The Morgan fingerprint density at radius 3 is 2.68 bits per heavy atom. The van der Waals surface area contributed by atoms with Crippen molar-refractivity contribution in [3.05, 3.63) is 54.4 Å². The number of alkyl halides is 3. The quantitative estimate of drug-likeness (QED) is 0.514. The van der Waals surface area contributed by atoms with Crippen molar-refractivity contribution >= 4 is 35.4 Å². The SMILES string of the molecule is CNC(=O)c1cc(Oc2cccc(Nc3nc4n(n3)C=CCC(C(F)(F)F)=N4)c2)ccn1.CO. The van der Waals surface area contributed by atoms with Crippen LogP contribution >= 0.6 is 0 Å². The first kappa shape index (κ1) is 24.4. The highest BCUT2D eigenvalue weighted by Crippen LogP contribution is 2.28. The molecule has 2 aromatic heterocycles. The molecule has 0 bridgehead atoms. The molecule has 0 saturated carbocycles. The molecule has 0 fully saturated rings. The number of amides is 1. The van der Waals surface area contributed by atoms with Crippen LogP contribution in [0.5, 0.6) is 11.5 Å². The highest BCUT2D eigenvalue weighted by Gasteiger charge is 2.35. The van der Waals surface area contributed by atoms with Gasteiger partial charge in [0.1, 0.15) is 22.9 Å². The van der Waals surface area contributed by atoms with E-state index in [1.165, 1.54) is 36.3 Å². The van der Waals surface area contributed by atoms with E-state index in [-0.39, 0.29) is 29.9 Å². The van der Waals surface area contributed by atoms with Crippen molar-refractivity contribution < 1.29 is 27.8 Å². The number of hydrogen-bond donors (Lipinski definition) is 3. The van der Waals surface area contributed by atoms with E-state index in [0.717, 1.165) is 7.11 Å². The van der Waals surface area contributed by atoms with Gasteiger partial charge in [-0.1, -0.05) is 12.1 Å². The minimum atomic E-state index is -4.55. The molecule has 1 aromatic carbocycles. The summed E-state index contributed by atoms with van der Waals surface area (Å²) in [5.74, 6) is 0.394. The number of benzene rings is 1. The molecule has 13 heteroatoms. The monoisotopic (exact) mass is 475 g/mol. The van der Waals surface area contributed by atoms with Crippen LogP contribution in [-0.4, -0.2) is 56.8 Å². The summed E-state index contributed by atoms with van der Waals surface area (Å²) in [4.78, 5) is 23.3. The summed E-state index contributed by atoms with van der Waals surface area (Å²) >= 11 is 0. The van der Waals surface area contributed by atoms with Crippen LogP contribution in [0, 0.1) is 0 Å². The molecule has 3 aromatic rings. The molecule has 34 heavy (non-hydrogen) atoms. The summed E-state index contributed by atoms with van der Waals surface area (Å²) in [5, 5.41) is 16.5. The molecular formula is C21H20F3N7O3. The molecule has 4 rings (SSSR count). The van der Waals surface area contributed by atoms with E-state index >= 15 is 0 Å². The summed E-state index contributed by atoms with van der Waals surface area (Å²) in [6, 6.07) is 9.86. The van der Waals surface area contributed by atoms with E-state index in [1.54, 1.807) is 30.3 Å². The highest BCUT2D eigenvalue weighted by molar-refractivity contribution is 5.93. The van der Waals surface area contributed by atoms with Crippen molar-refractivity contribution in [2.75, 3.05) is 19.5 Å². The Bertz CT molecular complexity index is 1220. The fourth-order valence-electron chi connectivity index (χ4n) is 2.78. The van der Waals surface area contributed by atoms with Gasteiger partial charge in [-0.25, -0.2) is 9.67 Å². The fraction of sp³-hybridized carbons (Fsp3) is 0.190. The van der Waals surface area contributed by atoms with Gasteiger partial charge in [0.25, 0.3) is 11.9 Å². The van der Waals surface area contributed by atoms with Gasteiger partial charge in [-0.2, -0.15) is 18.2 Å². The van der Waals surface area contributed by atoms with Gasteiger partial charge in [-0.3, -0.25) is 9.78 Å². The van der Waals surface area contributed by atoms with Crippen molar-refractivity contribution in [3.63, 3.8) is 0 Å². The number of aliphatic hydroxyl groups is 1. The van der Waals surface area contributed by atoms with Crippen LogP contribution in [0.25, 0.3) is 6.20 Å². The number of fused-ring (bicyclic) bond motifs is 1. The van der Waals surface area contributed by atoms with E-state index in [2.05, 4.69) is 30.7 Å². The molecule has 0 radical (unpaired) electrons. The maximum Gasteiger partial charge on any atom is 0.429 e. The van der Waals surface area contributed by atoms with Crippen LogP contribution in [0.15, 0.2) is 53.7 Å². The zero-order valence-corrected chi connectivity index (χ0v) is 18.0. The Hall–Kier alpha value is -4.26. The number of aromatic nitrogens is 4. The lowest BCUT2D eigenvalue weighted by atomic mass is 10.2. The zero-order chi connectivity index (χ0) is 24.7. The predicted octanol–water partition coefficient (Wildman–Crippen LogP) is 3.69. The number of aliphatic imine (C=N–C) groups is 1. The first-order valence-corrected chi connectivity index (χ1v) is 9.77. The number of carbonyl (C=O) groups is 1. The predicted molar refractivity (Wildman–Crippen MR) is 119 cm³/mol. The molecule has 3 heterocycles. The second-order valence-corrected chi connectivity index (χ2v) is 6.54. The Balaban J connectivity index is 0.00000158. The number of rotatable bonds is 5. The minimum absolute atomic E-state index is 0.0692. The lowest BCUT2D eigenvalue weighted by Crippen LogP contribution is -2.21. The van der Waals surface area contributed by atoms with E-state index in [9.17, 15) is 18.0 Å². The molecule has 178 valence electrons. The van der Waals surface area contributed by atoms with Gasteiger partial charge in [-0.15, -0.1) is 5.10 Å². The third-order valence-corrected chi connectivity index (χ3v) is 4.25. The van der Waals surface area contributed by atoms with Gasteiger partial charge >= 0.3 is 6.18 Å². The van der Waals surface area contributed by atoms with Crippen LogP contribution in [0.2, 0.25) is 0 Å². The first-order chi connectivity index (χ1) is 16.3. The van der Waals surface area contributed by atoms with Gasteiger partial charge in [0.15, 0.2) is 0 Å². The van der Waals surface area contributed by atoms with Crippen molar-refractivity contribution in [1.29, 1.82) is 0 Å². The molecule has 0 saturated heterocycles. The van der Waals surface area contributed by atoms with Crippen LogP contribution < -0.4 is 15.4 Å². The molecule has 0 unspecified atom stereocenters. The molecule has 1 aliphatic heterocycles. The minimum Gasteiger partial charge on any atom is -0.457 e. The Kier molecular flexibility index (Phi) is 7.58. The Morgan fingerprint density at radius 2 is 1.94 bits per heavy atom. The van der Waals surface area contributed by atoms with Crippen molar-refractivity contribution in [1.82, 2.24) is 25.1 Å². The van der Waals surface area contributed by atoms with E-state index in [1.807, 2.05) is 0 Å². The second kappa shape index (κ2) is 10.6. The average molecular weight is 475 g/mol. The lowest BCUT2D eigenvalue weighted by molar-refractivity contribution is -0.0599. The maximum atomic E-state index is 13.0. The number of anilines is 2. The fourth-order valence-corrected chi connectivity index (χ4v) is 2.78. The number of aliphatic hydroxyl groups excluding tert-OH is 1. The van der Waals surface area contributed by atoms with Crippen LogP contribution in [0.3, 0.4) is 0 Å². The van der Waals surface area contributed by atoms with Crippen LogP contribution in [-0.2, 0) is 0 Å². The first-order valence-electron chi connectivity index (χ1n) is 9.77. The Morgan fingerprint density at radius 1 is 1.18 bits per heavy atom. The molecular weight excluding hydrogens is 455 g/mol. The van der Waals surface area contributed by atoms with Gasteiger partial charge in [0.2, 0.25) is 5.95 Å². The molecule has 1 amide bonds. The number of carbonyl (C=O) groups excluding carboxylic acids is 1. The van der Waals surface area contributed by atoms with Crippen molar-refractivity contribution in [3.8, 4) is 11.5 Å². The number of nitrogens with one attached hydrogen (secondary N) is 2. The van der Waals surface area contributed by atoms with E-state index in [4.69, 9.17) is 9.84 Å². The van der Waals surface area contributed by atoms with Crippen LogP contribution in [0.4, 0.5) is 30.8 Å². The van der Waals surface area contributed by atoms with Crippen LogP contribution in [0.1, 0.15) is 16.9 Å². The summed E-state index contributed by atoms with van der Waals surface area (Å²) in [6.45, 7) is 0. The zero-order valence-electron chi connectivity index (χ0n) is 18.0. The van der Waals surface area contributed by atoms with Gasteiger partial charge in [0.05, 0.1) is 0 Å². The summed E-state index contributed by atoms with van der Waals surface area (Å²) in [7, 11) is 2.50. The standard InChI is InChI=1S/C20H16F3N7O2.CH4O/c1-24-17(31)15-11-14(7-8-25-15)32-13-5-2-4-12(10-13)26-18-28-19-27-16(20(21,22)23)6-3-9-30(19)29-18;1-2/h2-5,7-11H,6H2,1H3,(H,24,31)(H,26,29);2H,1H3.